The minimum atomic E-state index is -0.465. The molecule has 182 valence electrons. The molecular formula is C28H32N4O2S. The zero-order valence-corrected chi connectivity index (χ0v) is 20.7. The molecule has 2 amide bonds. The van der Waals surface area contributed by atoms with Gasteiger partial charge in [0.1, 0.15) is 0 Å². The highest BCUT2D eigenvalue weighted by atomic mass is 32.1. The number of aromatic nitrogens is 2. The van der Waals surface area contributed by atoms with Gasteiger partial charge in [0.15, 0.2) is 5.82 Å². The van der Waals surface area contributed by atoms with Crippen LogP contribution in [0.1, 0.15) is 50.5 Å². The van der Waals surface area contributed by atoms with Gasteiger partial charge in [0.25, 0.3) is 0 Å². The van der Waals surface area contributed by atoms with Gasteiger partial charge in [0, 0.05) is 12.6 Å². The Hall–Kier alpha value is -2.93. The minimum absolute atomic E-state index is 0.0390. The first kappa shape index (κ1) is 22.5. The summed E-state index contributed by atoms with van der Waals surface area (Å²) in [6.45, 7) is 0.683. The smallest absolute Gasteiger partial charge is 0.231 e. The number of anilines is 1. The Labute approximate surface area is 209 Å². The van der Waals surface area contributed by atoms with Crippen molar-refractivity contribution >= 4 is 29.0 Å². The van der Waals surface area contributed by atoms with Crippen molar-refractivity contribution in [2.24, 2.45) is 22.7 Å². The summed E-state index contributed by atoms with van der Waals surface area (Å²) >= 11 is 1.64. The molecule has 7 heteroatoms. The topological polar surface area (TPSA) is 86.9 Å². The van der Waals surface area contributed by atoms with E-state index in [4.69, 9.17) is 0 Å². The molecule has 35 heavy (non-hydrogen) atoms. The number of hydrogen-bond donors (Lipinski definition) is 3. The first-order valence-corrected chi connectivity index (χ1v) is 13.6. The molecule has 4 fully saturated rings. The van der Waals surface area contributed by atoms with E-state index in [0.717, 1.165) is 55.5 Å². The van der Waals surface area contributed by atoms with Crippen molar-refractivity contribution in [3.05, 3.63) is 59.5 Å². The number of nitrogens with one attached hydrogen (secondary N) is 3. The van der Waals surface area contributed by atoms with E-state index in [-0.39, 0.29) is 11.8 Å². The third-order valence-electron chi connectivity index (χ3n) is 8.40. The van der Waals surface area contributed by atoms with Gasteiger partial charge in [-0.25, -0.2) is 0 Å². The average molecular weight is 489 g/mol. The number of carbonyl (C=O) groups is 2. The molecule has 4 saturated carbocycles. The molecule has 3 aromatic rings. The monoisotopic (exact) mass is 488 g/mol. The SMILES string of the molecule is O=C(NCCCc1ccccc1)C12CC3CC(C1)CC(C(=O)Nc1cc(-c4cccs4)[nH]n1)(C3)C2. The molecule has 4 aliphatic rings. The molecule has 7 rings (SSSR count). The molecule has 0 spiro atoms. The zero-order chi connectivity index (χ0) is 23.9. The predicted molar refractivity (Wildman–Crippen MR) is 138 cm³/mol. The standard InChI is InChI=1S/C28H32N4O2S/c33-25(29-10-4-8-19-6-2-1-3-7-19)27-14-20-12-21(15-27)17-28(16-20,18-27)26(34)30-24-13-22(31-32-24)23-9-5-11-35-23/h1-3,5-7,9,11,13,20-21H,4,8,10,12,14-18H2,(H,29,33)(H2,30,31,32,34). The summed E-state index contributed by atoms with van der Waals surface area (Å²) in [5.41, 5.74) is 1.34. The number of aromatic amines is 1. The van der Waals surface area contributed by atoms with Crippen molar-refractivity contribution in [3.63, 3.8) is 0 Å². The second-order valence-electron chi connectivity index (χ2n) is 11.0. The lowest BCUT2D eigenvalue weighted by molar-refractivity contribution is -0.164. The maximum absolute atomic E-state index is 13.6. The molecule has 0 radical (unpaired) electrons. The summed E-state index contributed by atoms with van der Waals surface area (Å²) < 4.78 is 0. The molecule has 0 saturated heterocycles. The number of thiophene rings is 1. The van der Waals surface area contributed by atoms with Crippen LogP contribution < -0.4 is 10.6 Å². The Morgan fingerprint density at radius 1 is 1.00 bits per heavy atom. The fourth-order valence-corrected chi connectivity index (χ4v) is 8.01. The van der Waals surface area contributed by atoms with Crippen molar-refractivity contribution in [1.82, 2.24) is 15.5 Å². The highest BCUT2D eigenvalue weighted by Crippen LogP contribution is 2.65. The van der Waals surface area contributed by atoms with E-state index in [9.17, 15) is 9.59 Å². The van der Waals surface area contributed by atoms with Crippen LogP contribution in [0.4, 0.5) is 5.82 Å². The quantitative estimate of drug-likeness (QED) is 0.371. The van der Waals surface area contributed by atoms with Gasteiger partial charge >= 0.3 is 0 Å². The first-order valence-electron chi connectivity index (χ1n) is 12.8. The molecular weight excluding hydrogens is 456 g/mol. The molecule has 0 aliphatic heterocycles. The van der Waals surface area contributed by atoms with E-state index in [1.807, 2.05) is 29.6 Å². The fourth-order valence-electron chi connectivity index (χ4n) is 7.31. The third kappa shape index (κ3) is 4.31. The van der Waals surface area contributed by atoms with Crippen molar-refractivity contribution in [2.75, 3.05) is 11.9 Å². The van der Waals surface area contributed by atoms with Crippen LogP contribution in [-0.2, 0) is 16.0 Å². The third-order valence-corrected chi connectivity index (χ3v) is 9.30. The van der Waals surface area contributed by atoms with E-state index in [1.165, 1.54) is 5.56 Å². The van der Waals surface area contributed by atoms with Crippen LogP contribution in [0.5, 0.6) is 0 Å². The van der Waals surface area contributed by atoms with E-state index in [1.54, 1.807) is 11.3 Å². The zero-order valence-electron chi connectivity index (χ0n) is 19.9. The Kier molecular flexibility index (Phi) is 5.75. The number of amides is 2. The Morgan fingerprint density at radius 2 is 1.74 bits per heavy atom. The van der Waals surface area contributed by atoms with E-state index < -0.39 is 10.8 Å². The van der Waals surface area contributed by atoms with Crippen molar-refractivity contribution in [1.29, 1.82) is 0 Å². The average Bonchev–Trinajstić information content (AvgIpc) is 3.54. The molecule has 4 bridgehead atoms. The maximum Gasteiger partial charge on any atom is 0.231 e. The van der Waals surface area contributed by atoms with Crippen LogP contribution in [0.25, 0.3) is 10.6 Å². The Balaban J connectivity index is 1.12. The molecule has 2 aromatic heterocycles. The van der Waals surface area contributed by atoms with Crippen LogP contribution in [0, 0.1) is 22.7 Å². The summed E-state index contributed by atoms with van der Waals surface area (Å²) in [5.74, 6) is 1.68. The number of nitrogens with zero attached hydrogens (tertiary/aromatic N) is 1. The number of aryl methyl sites for hydroxylation is 1. The van der Waals surface area contributed by atoms with E-state index in [2.05, 4.69) is 45.1 Å². The summed E-state index contributed by atoms with van der Waals surface area (Å²) in [5, 5.41) is 15.7. The van der Waals surface area contributed by atoms with Crippen LogP contribution in [0.3, 0.4) is 0 Å². The second-order valence-corrected chi connectivity index (χ2v) is 11.9. The van der Waals surface area contributed by atoms with Crippen LogP contribution in [0.15, 0.2) is 53.9 Å². The summed E-state index contributed by atoms with van der Waals surface area (Å²) in [4.78, 5) is 28.2. The molecule has 3 N–H and O–H groups in total. The normalized spacial score (nSPS) is 28.7. The van der Waals surface area contributed by atoms with Gasteiger partial charge in [-0.1, -0.05) is 36.4 Å². The summed E-state index contributed by atoms with van der Waals surface area (Å²) in [6.07, 6.45) is 7.33. The largest absolute Gasteiger partial charge is 0.356 e. The second kappa shape index (κ2) is 8.94. The lowest BCUT2D eigenvalue weighted by Gasteiger charge is -2.60. The summed E-state index contributed by atoms with van der Waals surface area (Å²) in [7, 11) is 0. The van der Waals surface area contributed by atoms with Crippen molar-refractivity contribution in [3.8, 4) is 10.6 Å². The molecule has 2 atom stereocenters. The fraction of sp³-hybridized carbons (Fsp3) is 0.464. The number of benzene rings is 1. The molecule has 2 heterocycles. The van der Waals surface area contributed by atoms with Gasteiger partial charge in [-0.05, 0) is 80.2 Å². The van der Waals surface area contributed by atoms with Crippen LogP contribution in [-0.4, -0.2) is 28.6 Å². The molecule has 6 nitrogen and oxygen atoms in total. The molecule has 2 unspecified atom stereocenters. The van der Waals surface area contributed by atoms with E-state index in [0.29, 0.717) is 30.6 Å². The highest BCUT2D eigenvalue weighted by Gasteiger charge is 2.63. The Bertz CT molecular complexity index is 1190. The number of rotatable bonds is 8. The van der Waals surface area contributed by atoms with Gasteiger partial charge in [-0.3, -0.25) is 14.7 Å². The summed E-state index contributed by atoms with van der Waals surface area (Å²) in [6, 6.07) is 16.3. The van der Waals surface area contributed by atoms with Crippen molar-refractivity contribution < 1.29 is 9.59 Å². The number of carbonyl (C=O) groups excluding carboxylic acids is 2. The minimum Gasteiger partial charge on any atom is -0.356 e. The van der Waals surface area contributed by atoms with Crippen LogP contribution >= 0.6 is 11.3 Å². The van der Waals surface area contributed by atoms with E-state index >= 15 is 0 Å². The molecule has 1 aromatic carbocycles. The first-order chi connectivity index (χ1) is 17.0. The molecule has 4 aliphatic carbocycles. The van der Waals surface area contributed by atoms with Gasteiger partial charge in [0.2, 0.25) is 11.8 Å². The van der Waals surface area contributed by atoms with Gasteiger partial charge < -0.3 is 10.6 Å². The number of H-pyrrole nitrogens is 1. The Morgan fingerprint density at radius 3 is 2.46 bits per heavy atom. The van der Waals surface area contributed by atoms with Gasteiger partial charge in [-0.2, -0.15) is 5.10 Å². The lowest BCUT2D eigenvalue weighted by atomic mass is 9.43. The number of hydrogen-bond acceptors (Lipinski definition) is 4. The van der Waals surface area contributed by atoms with Crippen LogP contribution in [0.2, 0.25) is 0 Å². The predicted octanol–water partition coefficient (Wildman–Crippen LogP) is 5.41. The van der Waals surface area contributed by atoms with Gasteiger partial charge in [0.05, 0.1) is 21.4 Å². The van der Waals surface area contributed by atoms with Gasteiger partial charge in [-0.15, -0.1) is 11.3 Å². The maximum atomic E-state index is 13.6. The lowest BCUT2D eigenvalue weighted by Crippen LogP contribution is -2.60. The highest BCUT2D eigenvalue weighted by molar-refractivity contribution is 7.13. The van der Waals surface area contributed by atoms with Crippen molar-refractivity contribution in [2.45, 2.75) is 51.4 Å².